The van der Waals surface area contributed by atoms with E-state index in [1.165, 1.54) is 30.7 Å². The molecule has 0 saturated heterocycles. The molecular formula is C13H19NO3S. The van der Waals surface area contributed by atoms with Crippen molar-refractivity contribution in [1.82, 2.24) is 4.72 Å². The molecule has 2 rings (SSSR count). The lowest BCUT2D eigenvalue weighted by Gasteiger charge is -2.29. The first-order chi connectivity index (χ1) is 8.49. The quantitative estimate of drug-likeness (QED) is 0.884. The second kappa shape index (κ2) is 5.28. The Bertz CT molecular complexity index is 495. The standard InChI is InChI=1S/C13H19NO3S/c1-10-4-2-3-5-13(10)14-18(16,17)12-8-6-11(15)7-9-12/h6-10,13-15H,2-5H2,1H3. The van der Waals surface area contributed by atoms with Gasteiger partial charge in [-0.25, -0.2) is 13.1 Å². The number of phenols is 1. The molecule has 1 aliphatic rings. The molecule has 2 unspecified atom stereocenters. The van der Waals surface area contributed by atoms with Gasteiger partial charge in [0, 0.05) is 6.04 Å². The first kappa shape index (κ1) is 13.4. The Balaban J connectivity index is 2.13. The zero-order valence-corrected chi connectivity index (χ0v) is 11.3. The van der Waals surface area contributed by atoms with Crippen LogP contribution in [0.3, 0.4) is 0 Å². The Kier molecular flexibility index (Phi) is 3.92. The van der Waals surface area contributed by atoms with E-state index in [1.807, 2.05) is 0 Å². The highest BCUT2D eigenvalue weighted by Crippen LogP contribution is 2.25. The third kappa shape index (κ3) is 3.03. The molecule has 2 atom stereocenters. The van der Waals surface area contributed by atoms with Crippen LogP contribution in [0, 0.1) is 5.92 Å². The first-order valence-electron chi connectivity index (χ1n) is 6.30. The predicted molar refractivity (Wildman–Crippen MR) is 69.8 cm³/mol. The van der Waals surface area contributed by atoms with E-state index in [0.29, 0.717) is 5.92 Å². The SMILES string of the molecule is CC1CCCCC1NS(=O)(=O)c1ccc(O)cc1. The summed E-state index contributed by atoms with van der Waals surface area (Å²) in [6.45, 7) is 2.09. The van der Waals surface area contributed by atoms with E-state index < -0.39 is 10.0 Å². The van der Waals surface area contributed by atoms with Gasteiger partial charge in [0.2, 0.25) is 10.0 Å². The topological polar surface area (TPSA) is 66.4 Å². The van der Waals surface area contributed by atoms with Crippen LogP contribution >= 0.6 is 0 Å². The molecule has 1 aromatic carbocycles. The van der Waals surface area contributed by atoms with Crippen LogP contribution in [0.1, 0.15) is 32.6 Å². The maximum absolute atomic E-state index is 12.2. The number of sulfonamides is 1. The second-order valence-corrected chi connectivity index (χ2v) is 6.70. The number of hydrogen-bond donors (Lipinski definition) is 2. The molecule has 0 heterocycles. The van der Waals surface area contributed by atoms with E-state index >= 15 is 0 Å². The average Bonchev–Trinajstić information content (AvgIpc) is 2.32. The number of benzene rings is 1. The minimum atomic E-state index is -3.47. The lowest BCUT2D eigenvalue weighted by molar-refractivity contribution is 0.310. The van der Waals surface area contributed by atoms with Gasteiger partial charge in [-0.1, -0.05) is 19.8 Å². The van der Waals surface area contributed by atoms with Crippen LogP contribution in [0.15, 0.2) is 29.2 Å². The summed E-state index contributed by atoms with van der Waals surface area (Å²) >= 11 is 0. The first-order valence-corrected chi connectivity index (χ1v) is 7.79. The smallest absolute Gasteiger partial charge is 0.240 e. The van der Waals surface area contributed by atoms with Gasteiger partial charge in [-0.05, 0) is 43.0 Å². The lowest BCUT2D eigenvalue weighted by Crippen LogP contribution is -2.40. The predicted octanol–water partition coefficient (Wildman–Crippen LogP) is 2.25. The van der Waals surface area contributed by atoms with Crippen LogP contribution in [0.2, 0.25) is 0 Å². The summed E-state index contributed by atoms with van der Waals surface area (Å²) in [6, 6.07) is 5.64. The molecule has 0 aliphatic heterocycles. The molecule has 1 saturated carbocycles. The van der Waals surface area contributed by atoms with E-state index in [-0.39, 0.29) is 16.7 Å². The molecule has 0 amide bonds. The molecule has 18 heavy (non-hydrogen) atoms. The summed E-state index contributed by atoms with van der Waals surface area (Å²) in [5.74, 6) is 0.450. The Labute approximate surface area is 108 Å². The Morgan fingerprint density at radius 2 is 1.78 bits per heavy atom. The Morgan fingerprint density at radius 1 is 1.17 bits per heavy atom. The highest BCUT2D eigenvalue weighted by atomic mass is 32.2. The minimum Gasteiger partial charge on any atom is -0.508 e. The van der Waals surface area contributed by atoms with Gasteiger partial charge in [0.25, 0.3) is 0 Å². The van der Waals surface area contributed by atoms with Crippen LogP contribution in [0.25, 0.3) is 0 Å². The molecule has 2 N–H and O–H groups in total. The molecule has 1 aliphatic carbocycles. The van der Waals surface area contributed by atoms with Crippen molar-refractivity contribution in [3.05, 3.63) is 24.3 Å². The maximum atomic E-state index is 12.2. The van der Waals surface area contributed by atoms with Crippen molar-refractivity contribution < 1.29 is 13.5 Å². The van der Waals surface area contributed by atoms with Crippen LogP contribution < -0.4 is 4.72 Å². The molecule has 100 valence electrons. The summed E-state index contributed by atoms with van der Waals surface area (Å²) in [7, 11) is -3.47. The van der Waals surface area contributed by atoms with Gasteiger partial charge in [0.15, 0.2) is 0 Å². The van der Waals surface area contributed by atoms with Crippen molar-refractivity contribution in [2.75, 3.05) is 0 Å². The number of phenolic OH excluding ortho intramolecular Hbond substituents is 1. The lowest BCUT2D eigenvalue weighted by atomic mass is 9.87. The van der Waals surface area contributed by atoms with Crippen molar-refractivity contribution in [3.63, 3.8) is 0 Å². The van der Waals surface area contributed by atoms with Crippen molar-refractivity contribution in [3.8, 4) is 5.75 Å². The van der Waals surface area contributed by atoms with Gasteiger partial charge in [0.05, 0.1) is 4.90 Å². The molecule has 1 fully saturated rings. The van der Waals surface area contributed by atoms with Crippen LogP contribution in [-0.4, -0.2) is 19.6 Å². The molecule has 0 bridgehead atoms. The molecule has 1 aromatic rings. The van der Waals surface area contributed by atoms with Crippen molar-refractivity contribution >= 4 is 10.0 Å². The van der Waals surface area contributed by atoms with Gasteiger partial charge in [-0.2, -0.15) is 0 Å². The highest BCUT2D eigenvalue weighted by molar-refractivity contribution is 7.89. The Hall–Kier alpha value is -1.07. The van der Waals surface area contributed by atoms with Crippen molar-refractivity contribution in [2.24, 2.45) is 5.92 Å². The molecule has 0 spiro atoms. The van der Waals surface area contributed by atoms with E-state index in [4.69, 9.17) is 0 Å². The summed E-state index contributed by atoms with van der Waals surface area (Å²) in [5.41, 5.74) is 0. The van der Waals surface area contributed by atoms with E-state index in [9.17, 15) is 13.5 Å². The third-order valence-electron chi connectivity index (χ3n) is 3.57. The number of rotatable bonds is 3. The van der Waals surface area contributed by atoms with E-state index in [1.54, 1.807) is 0 Å². The monoisotopic (exact) mass is 269 g/mol. The minimum absolute atomic E-state index is 0.0255. The van der Waals surface area contributed by atoms with Crippen LogP contribution in [0.5, 0.6) is 5.75 Å². The van der Waals surface area contributed by atoms with Gasteiger partial charge < -0.3 is 5.11 Å². The summed E-state index contributed by atoms with van der Waals surface area (Å²) < 4.78 is 27.1. The number of hydrogen-bond acceptors (Lipinski definition) is 3. The van der Waals surface area contributed by atoms with Gasteiger partial charge in [-0.3, -0.25) is 0 Å². The second-order valence-electron chi connectivity index (χ2n) is 4.98. The number of aromatic hydroxyl groups is 1. The Morgan fingerprint density at radius 3 is 2.39 bits per heavy atom. The molecular weight excluding hydrogens is 250 g/mol. The van der Waals surface area contributed by atoms with Gasteiger partial charge in [0.1, 0.15) is 5.75 Å². The fourth-order valence-corrected chi connectivity index (χ4v) is 3.76. The van der Waals surface area contributed by atoms with Gasteiger partial charge in [-0.15, -0.1) is 0 Å². The third-order valence-corrected chi connectivity index (χ3v) is 5.07. The van der Waals surface area contributed by atoms with E-state index in [0.717, 1.165) is 19.3 Å². The van der Waals surface area contributed by atoms with Crippen molar-refractivity contribution in [2.45, 2.75) is 43.5 Å². The summed E-state index contributed by atoms with van der Waals surface area (Å²) in [5, 5.41) is 9.17. The van der Waals surface area contributed by atoms with Crippen LogP contribution in [0.4, 0.5) is 0 Å². The summed E-state index contributed by atoms with van der Waals surface area (Å²) in [6.07, 6.45) is 4.23. The fourth-order valence-electron chi connectivity index (χ4n) is 2.38. The molecule has 4 nitrogen and oxygen atoms in total. The summed E-state index contributed by atoms with van der Waals surface area (Å²) in [4.78, 5) is 0.207. The zero-order chi connectivity index (χ0) is 13.2. The molecule has 5 heteroatoms. The number of nitrogens with one attached hydrogen (secondary N) is 1. The van der Waals surface area contributed by atoms with E-state index in [2.05, 4.69) is 11.6 Å². The van der Waals surface area contributed by atoms with Crippen LogP contribution in [-0.2, 0) is 10.0 Å². The van der Waals surface area contributed by atoms with Crippen molar-refractivity contribution in [1.29, 1.82) is 0 Å². The normalized spacial score (nSPS) is 24.9. The van der Waals surface area contributed by atoms with Gasteiger partial charge >= 0.3 is 0 Å². The largest absolute Gasteiger partial charge is 0.508 e. The molecule has 0 aromatic heterocycles. The molecule has 0 radical (unpaired) electrons. The maximum Gasteiger partial charge on any atom is 0.240 e. The fraction of sp³-hybridized carbons (Fsp3) is 0.538. The average molecular weight is 269 g/mol. The highest BCUT2D eigenvalue weighted by Gasteiger charge is 2.26. The zero-order valence-electron chi connectivity index (χ0n) is 10.5.